The van der Waals surface area contributed by atoms with Crippen LogP contribution < -0.4 is 10.6 Å². The number of amides is 6. The average molecular weight is 713 g/mol. The van der Waals surface area contributed by atoms with Crippen LogP contribution in [0, 0.1) is 17.8 Å². The lowest BCUT2D eigenvalue weighted by Crippen LogP contribution is -2.61. The number of benzene rings is 1. The number of likely N-dealkylation sites (N-methyl/N-ethyl adjacent to an activating group) is 3. The monoisotopic (exact) mass is 712 g/mol. The van der Waals surface area contributed by atoms with Crippen molar-refractivity contribution in [1.82, 2.24) is 30.2 Å². The van der Waals surface area contributed by atoms with Gasteiger partial charge >= 0.3 is 0 Å². The third kappa shape index (κ3) is 10.4. The lowest BCUT2D eigenvalue weighted by molar-refractivity contribution is -0.151. The number of fused-ring (bicyclic) bond motifs is 1. The zero-order valence-electron chi connectivity index (χ0n) is 32.1. The second-order valence-corrected chi connectivity index (χ2v) is 15.6. The minimum atomic E-state index is -1.07. The number of hydrogen-bond donors (Lipinski definition) is 3. The zero-order valence-corrected chi connectivity index (χ0v) is 32.1. The molecule has 1 aromatic carbocycles. The number of phenols is 1. The summed E-state index contributed by atoms with van der Waals surface area (Å²) in [6.45, 7) is 13.5. The highest BCUT2D eigenvalue weighted by molar-refractivity contribution is 5.98. The standard InChI is InChI=1S/C38H60N6O7/c1-22(2)18-28-35(48)43(10)32(20-24(5)6)38(51)41(8)25(7)33(46)39-29(19-23(3)4)36(49)44-17-11-12-30(44)37(50)42(9)31(34(47)40-28)21-26-13-15-27(45)16-14-26/h13-16,22-25,28-32,45H,11-12,17-21H2,1-10H3,(H,39,46)(H,40,47)/t25-,28-,29-,30+,31-,32+/m0/s1. The van der Waals surface area contributed by atoms with Crippen molar-refractivity contribution in [2.24, 2.45) is 17.8 Å². The molecule has 0 radical (unpaired) electrons. The van der Waals surface area contributed by atoms with E-state index in [0.717, 1.165) is 0 Å². The summed E-state index contributed by atoms with van der Waals surface area (Å²) in [6.07, 6.45) is 1.94. The van der Waals surface area contributed by atoms with Crippen LogP contribution in [0.25, 0.3) is 0 Å². The first-order valence-corrected chi connectivity index (χ1v) is 18.3. The second-order valence-electron chi connectivity index (χ2n) is 15.6. The van der Waals surface area contributed by atoms with Gasteiger partial charge in [0.1, 0.15) is 42.0 Å². The molecule has 3 rings (SSSR count). The minimum absolute atomic E-state index is 0.0112. The molecular weight excluding hydrogens is 652 g/mol. The number of carbonyl (C=O) groups excluding carboxylic acids is 6. The van der Waals surface area contributed by atoms with Gasteiger partial charge in [0.05, 0.1) is 0 Å². The summed E-state index contributed by atoms with van der Waals surface area (Å²) in [5.74, 6) is -2.67. The maximum atomic E-state index is 14.3. The Morgan fingerprint density at radius 3 is 1.73 bits per heavy atom. The molecule has 0 bridgehead atoms. The fraction of sp³-hybridized carbons (Fsp3) is 0.684. The third-order valence-electron chi connectivity index (χ3n) is 10.1. The van der Waals surface area contributed by atoms with Crippen LogP contribution in [-0.2, 0) is 35.2 Å². The Bertz CT molecular complexity index is 1410. The van der Waals surface area contributed by atoms with Crippen molar-refractivity contribution >= 4 is 35.4 Å². The highest BCUT2D eigenvalue weighted by atomic mass is 16.3. The molecule has 3 N–H and O–H groups in total. The summed E-state index contributed by atoms with van der Waals surface area (Å²) in [4.78, 5) is 90.5. The van der Waals surface area contributed by atoms with Gasteiger partial charge in [0.25, 0.3) is 0 Å². The molecule has 6 amide bonds. The van der Waals surface area contributed by atoms with Gasteiger partial charge in [-0.25, -0.2) is 0 Å². The molecule has 13 nitrogen and oxygen atoms in total. The molecule has 2 saturated heterocycles. The number of aromatic hydroxyl groups is 1. The molecule has 51 heavy (non-hydrogen) atoms. The maximum Gasteiger partial charge on any atom is 0.245 e. The Balaban J connectivity index is 2.18. The molecule has 2 aliphatic heterocycles. The fourth-order valence-corrected chi connectivity index (χ4v) is 6.96. The molecule has 0 unspecified atom stereocenters. The molecule has 0 aromatic heterocycles. The van der Waals surface area contributed by atoms with Crippen LogP contribution in [-0.4, -0.2) is 124 Å². The summed E-state index contributed by atoms with van der Waals surface area (Å²) in [5.41, 5.74) is 0.678. The van der Waals surface area contributed by atoms with Gasteiger partial charge in [-0.1, -0.05) is 53.7 Å². The predicted octanol–water partition coefficient (Wildman–Crippen LogP) is 2.55. The van der Waals surface area contributed by atoms with Crippen LogP contribution in [0.2, 0.25) is 0 Å². The Kier molecular flexibility index (Phi) is 14.4. The van der Waals surface area contributed by atoms with Crippen molar-refractivity contribution in [3.05, 3.63) is 29.8 Å². The first-order chi connectivity index (χ1) is 23.8. The van der Waals surface area contributed by atoms with Gasteiger partial charge in [0.2, 0.25) is 35.4 Å². The maximum absolute atomic E-state index is 14.3. The smallest absolute Gasteiger partial charge is 0.245 e. The van der Waals surface area contributed by atoms with Crippen molar-refractivity contribution < 1.29 is 33.9 Å². The number of nitrogens with zero attached hydrogens (tertiary/aromatic N) is 4. The highest BCUT2D eigenvalue weighted by Gasteiger charge is 2.43. The van der Waals surface area contributed by atoms with Gasteiger partial charge in [-0.3, -0.25) is 28.8 Å². The van der Waals surface area contributed by atoms with E-state index in [1.807, 2.05) is 41.5 Å². The Morgan fingerprint density at radius 1 is 0.667 bits per heavy atom. The number of phenolic OH excluding ortho intramolecular Hbond substituents is 1. The molecule has 2 aliphatic rings. The van der Waals surface area contributed by atoms with Gasteiger partial charge in [0, 0.05) is 34.1 Å². The first-order valence-electron chi connectivity index (χ1n) is 18.3. The lowest BCUT2D eigenvalue weighted by atomic mass is 9.97. The van der Waals surface area contributed by atoms with Crippen LogP contribution in [0.15, 0.2) is 24.3 Å². The van der Waals surface area contributed by atoms with Gasteiger partial charge in [-0.05, 0) is 74.5 Å². The molecule has 0 spiro atoms. The highest BCUT2D eigenvalue weighted by Crippen LogP contribution is 2.25. The van der Waals surface area contributed by atoms with Crippen LogP contribution >= 0.6 is 0 Å². The van der Waals surface area contributed by atoms with Gasteiger partial charge in [0.15, 0.2) is 0 Å². The first kappa shape index (κ1) is 41.3. The molecule has 1 aromatic rings. The van der Waals surface area contributed by atoms with E-state index in [1.54, 1.807) is 26.1 Å². The zero-order chi connectivity index (χ0) is 38.3. The quantitative estimate of drug-likeness (QED) is 0.374. The van der Waals surface area contributed by atoms with E-state index < -0.39 is 65.8 Å². The van der Waals surface area contributed by atoms with Gasteiger partial charge in [-0.2, -0.15) is 0 Å². The SMILES string of the molecule is CC(C)C[C@@H]1NC(=O)[C@H](Cc2ccc(O)cc2)N(C)C(=O)[C@H]2CCCN2C(=O)[C@H](CC(C)C)NC(=O)[C@H](C)N(C)C(=O)[C@@H](CC(C)C)N(C)C1=O. The Labute approximate surface area is 303 Å². The Hall–Kier alpha value is -4.16. The van der Waals surface area contributed by atoms with Crippen LogP contribution in [0.4, 0.5) is 0 Å². The summed E-state index contributed by atoms with van der Waals surface area (Å²) in [7, 11) is 4.58. The number of hydrogen-bond acceptors (Lipinski definition) is 7. The third-order valence-corrected chi connectivity index (χ3v) is 10.1. The van der Waals surface area contributed by atoms with E-state index in [-0.39, 0.29) is 42.3 Å². The van der Waals surface area contributed by atoms with Crippen molar-refractivity contribution in [2.45, 2.75) is 123 Å². The predicted molar refractivity (Wildman–Crippen MR) is 194 cm³/mol. The molecular formula is C38H60N6O7. The summed E-state index contributed by atoms with van der Waals surface area (Å²) >= 11 is 0. The fourth-order valence-electron chi connectivity index (χ4n) is 6.96. The van der Waals surface area contributed by atoms with Crippen molar-refractivity contribution in [3.63, 3.8) is 0 Å². The van der Waals surface area contributed by atoms with E-state index >= 15 is 0 Å². The largest absolute Gasteiger partial charge is 0.508 e. The average Bonchev–Trinajstić information content (AvgIpc) is 3.56. The molecule has 6 atom stereocenters. The topological polar surface area (TPSA) is 160 Å². The van der Waals surface area contributed by atoms with Crippen molar-refractivity contribution in [1.29, 1.82) is 0 Å². The molecule has 2 heterocycles. The van der Waals surface area contributed by atoms with E-state index in [9.17, 15) is 33.9 Å². The lowest BCUT2D eigenvalue weighted by Gasteiger charge is -2.38. The van der Waals surface area contributed by atoms with E-state index in [0.29, 0.717) is 37.8 Å². The normalized spacial score (nSPS) is 26.5. The number of carbonyl (C=O) groups is 6. The number of nitrogens with one attached hydrogen (secondary N) is 2. The van der Waals surface area contributed by atoms with Crippen molar-refractivity contribution in [3.8, 4) is 5.75 Å². The van der Waals surface area contributed by atoms with Crippen LogP contribution in [0.3, 0.4) is 0 Å². The number of rotatable bonds is 8. The van der Waals surface area contributed by atoms with E-state index in [2.05, 4.69) is 10.6 Å². The molecule has 2 fully saturated rings. The van der Waals surface area contributed by atoms with E-state index in [1.165, 1.54) is 45.8 Å². The van der Waals surface area contributed by atoms with Crippen LogP contribution in [0.5, 0.6) is 5.75 Å². The molecule has 13 heteroatoms. The second kappa shape index (κ2) is 17.9. The van der Waals surface area contributed by atoms with Gasteiger partial charge in [-0.15, -0.1) is 0 Å². The summed E-state index contributed by atoms with van der Waals surface area (Å²) in [6, 6.07) is 0.554. The van der Waals surface area contributed by atoms with Gasteiger partial charge < -0.3 is 35.3 Å². The van der Waals surface area contributed by atoms with E-state index in [4.69, 9.17) is 0 Å². The van der Waals surface area contributed by atoms with Crippen molar-refractivity contribution in [2.75, 3.05) is 27.7 Å². The minimum Gasteiger partial charge on any atom is -0.508 e. The summed E-state index contributed by atoms with van der Waals surface area (Å²) in [5, 5.41) is 15.7. The summed E-state index contributed by atoms with van der Waals surface area (Å²) < 4.78 is 0. The molecule has 0 saturated carbocycles. The van der Waals surface area contributed by atoms with Crippen LogP contribution in [0.1, 0.15) is 86.1 Å². The molecule has 284 valence electrons. The molecule has 0 aliphatic carbocycles. The Morgan fingerprint density at radius 2 is 1.18 bits per heavy atom.